The smallest absolute Gasteiger partial charge is 0.0974 e. The zero-order chi connectivity index (χ0) is 27.1. The van der Waals surface area contributed by atoms with E-state index < -0.39 is 0 Å². The first kappa shape index (κ1) is 24.0. The number of benzene rings is 5. The molecule has 0 N–H and O–H groups in total. The van der Waals surface area contributed by atoms with Gasteiger partial charge in [-0.15, -0.1) is 0 Å². The molecule has 0 atom stereocenters. The van der Waals surface area contributed by atoms with Gasteiger partial charge in [0.15, 0.2) is 0 Å². The lowest BCUT2D eigenvalue weighted by Gasteiger charge is -2.13. The van der Waals surface area contributed by atoms with Crippen molar-refractivity contribution in [1.29, 1.82) is 0 Å². The molecule has 2 heterocycles. The normalized spacial score (nSPS) is 11.2. The number of fused-ring (bicyclic) bond motifs is 3. The van der Waals surface area contributed by atoms with E-state index in [1.165, 1.54) is 44.5 Å². The number of hydrogen-bond donors (Lipinski definition) is 0. The van der Waals surface area contributed by atoms with Gasteiger partial charge in [-0.05, 0) is 94.8 Å². The van der Waals surface area contributed by atoms with Crippen molar-refractivity contribution in [2.75, 3.05) is 0 Å². The van der Waals surface area contributed by atoms with Gasteiger partial charge in [-0.2, -0.15) is 0 Å². The van der Waals surface area contributed by atoms with Gasteiger partial charge in [-0.25, -0.2) is 4.98 Å². The maximum Gasteiger partial charge on any atom is 0.0974 e. The SMILES string of the molecule is Cc1ccnc2c1ccc1c(C)cc(-c3cccc(-c4cc(-c5ccccc5)cc(-c5ccccc5)c4)c3)nc12. The van der Waals surface area contributed by atoms with Crippen LogP contribution in [-0.2, 0) is 0 Å². The van der Waals surface area contributed by atoms with E-state index in [9.17, 15) is 0 Å². The average molecular weight is 513 g/mol. The van der Waals surface area contributed by atoms with Crippen LogP contribution in [0.3, 0.4) is 0 Å². The Kier molecular flexibility index (Phi) is 5.94. The second-order valence-corrected chi connectivity index (χ2v) is 10.4. The Bertz CT molecular complexity index is 1950. The quantitative estimate of drug-likeness (QED) is 0.219. The Morgan fingerprint density at radius 1 is 0.400 bits per heavy atom. The summed E-state index contributed by atoms with van der Waals surface area (Å²) in [5, 5.41) is 2.30. The monoisotopic (exact) mass is 512 g/mol. The van der Waals surface area contributed by atoms with Crippen LogP contribution in [-0.4, -0.2) is 9.97 Å². The fourth-order valence-corrected chi connectivity index (χ4v) is 5.60. The molecule has 0 saturated carbocycles. The Balaban J connectivity index is 1.39. The molecule has 2 aromatic heterocycles. The Hall–Kier alpha value is -5.08. The van der Waals surface area contributed by atoms with Crippen LogP contribution in [0.15, 0.2) is 134 Å². The number of pyridine rings is 2. The highest BCUT2D eigenvalue weighted by atomic mass is 14.8. The summed E-state index contributed by atoms with van der Waals surface area (Å²) >= 11 is 0. The topological polar surface area (TPSA) is 25.8 Å². The van der Waals surface area contributed by atoms with E-state index >= 15 is 0 Å². The molecule has 190 valence electrons. The second kappa shape index (κ2) is 9.91. The highest BCUT2D eigenvalue weighted by Gasteiger charge is 2.12. The molecule has 0 aliphatic carbocycles. The molecule has 7 aromatic rings. The van der Waals surface area contributed by atoms with E-state index in [1.54, 1.807) is 0 Å². The largest absolute Gasteiger partial charge is 0.254 e. The predicted molar refractivity (Wildman–Crippen MR) is 168 cm³/mol. The first-order valence-electron chi connectivity index (χ1n) is 13.7. The molecule has 5 aromatic carbocycles. The number of aromatic nitrogens is 2. The van der Waals surface area contributed by atoms with Gasteiger partial charge < -0.3 is 0 Å². The number of hydrogen-bond acceptors (Lipinski definition) is 2. The zero-order valence-electron chi connectivity index (χ0n) is 22.6. The predicted octanol–water partition coefficient (Wildman–Crippen LogP) is 10.1. The molecule has 0 spiro atoms. The molecular weight excluding hydrogens is 484 g/mol. The number of rotatable bonds is 4. The Morgan fingerprint density at radius 3 is 1.57 bits per heavy atom. The molecule has 2 nitrogen and oxygen atoms in total. The van der Waals surface area contributed by atoms with E-state index in [1.807, 2.05) is 6.20 Å². The van der Waals surface area contributed by atoms with Crippen molar-refractivity contribution in [2.24, 2.45) is 0 Å². The first-order chi connectivity index (χ1) is 19.6. The van der Waals surface area contributed by atoms with Gasteiger partial charge in [0.1, 0.15) is 0 Å². The van der Waals surface area contributed by atoms with Crippen LogP contribution in [0.4, 0.5) is 0 Å². The average Bonchev–Trinajstić information content (AvgIpc) is 3.02. The van der Waals surface area contributed by atoms with Crippen molar-refractivity contribution in [2.45, 2.75) is 13.8 Å². The van der Waals surface area contributed by atoms with Crippen molar-refractivity contribution in [1.82, 2.24) is 9.97 Å². The maximum atomic E-state index is 5.18. The summed E-state index contributed by atoms with van der Waals surface area (Å²) in [7, 11) is 0. The summed E-state index contributed by atoms with van der Waals surface area (Å²) in [5.41, 5.74) is 13.6. The lowest BCUT2D eigenvalue weighted by atomic mass is 9.92. The van der Waals surface area contributed by atoms with Crippen LogP contribution < -0.4 is 0 Å². The van der Waals surface area contributed by atoms with Gasteiger partial charge in [0, 0.05) is 22.5 Å². The molecule has 0 aliphatic heterocycles. The summed E-state index contributed by atoms with van der Waals surface area (Å²) in [6.45, 7) is 4.29. The lowest BCUT2D eigenvalue weighted by Crippen LogP contribution is -1.93. The van der Waals surface area contributed by atoms with Crippen LogP contribution in [0, 0.1) is 13.8 Å². The third-order valence-corrected chi connectivity index (χ3v) is 7.75. The van der Waals surface area contributed by atoms with E-state index in [4.69, 9.17) is 9.97 Å². The molecule has 40 heavy (non-hydrogen) atoms. The first-order valence-corrected chi connectivity index (χ1v) is 13.7. The van der Waals surface area contributed by atoms with E-state index in [0.717, 1.165) is 33.1 Å². The molecule has 0 bridgehead atoms. The molecule has 0 unspecified atom stereocenters. The number of aryl methyl sites for hydroxylation is 2. The van der Waals surface area contributed by atoms with Crippen molar-refractivity contribution >= 4 is 21.8 Å². The summed E-state index contributed by atoms with van der Waals surface area (Å²) in [6, 6.07) is 45.4. The van der Waals surface area contributed by atoms with Crippen LogP contribution >= 0.6 is 0 Å². The third kappa shape index (κ3) is 4.34. The van der Waals surface area contributed by atoms with Gasteiger partial charge in [0.05, 0.1) is 16.7 Å². The molecular formula is C38H28N2. The minimum absolute atomic E-state index is 0.957. The Labute approximate surface area is 234 Å². The summed E-state index contributed by atoms with van der Waals surface area (Å²) in [5.74, 6) is 0. The highest BCUT2D eigenvalue weighted by molar-refractivity contribution is 6.05. The van der Waals surface area contributed by atoms with Crippen molar-refractivity contribution in [3.05, 3.63) is 145 Å². The molecule has 2 heteroatoms. The Morgan fingerprint density at radius 2 is 0.925 bits per heavy atom. The van der Waals surface area contributed by atoms with Gasteiger partial charge in [-0.1, -0.05) is 91.0 Å². The molecule has 7 rings (SSSR count). The summed E-state index contributed by atoms with van der Waals surface area (Å²) in [6.07, 6.45) is 1.88. The lowest BCUT2D eigenvalue weighted by molar-refractivity contribution is 1.33. The molecule has 0 aliphatic rings. The zero-order valence-corrected chi connectivity index (χ0v) is 22.6. The van der Waals surface area contributed by atoms with E-state index in [0.29, 0.717) is 0 Å². The third-order valence-electron chi connectivity index (χ3n) is 7.75. The van der Waals surface area contributed by atoms with E-state index in [-0.39, 0.29) is 0 Å². The second-order valence-electron chi connectivity index (χ2n) is 10.4. The van der Waals surface area contributed by atoms with Gasteiger partial charge in [0.25, 0.3) is 0 Å². The minimum atomic E-state index is 0.957. The van der Waals surface area contributed by atoms with Gasteiger partial charge >= 0.3 is 0 Å². The van der Waals surface area contributed by atoms with Gasteiger partial charge in [-0.3, -0.25) is 4.98 Å². The standard InChI is InChI=1S/C38H28N2/c1-25-18-19-39-37-34(25)16-17-35-26(2)20-36(40-38(35)37)30-15-9-14-29(21-30)33-23-31(27-10-5-3-6-11-27)22-32(24-33)28-12-7-4-8-13-28/h3-24H,1-2H3. The molecule has 0 radical (unpaired) electrons. The molecule has 0 fully saturated rings. The van der Waals surface area contributed by atoms with E-state index in [2.05, 4.69) is 141 Å². The van der Waals surface area contributed by atoms with Crippen LogP contribution in [0.2, 0.25) is 0 Å². The summed E-state index contributed by atoms with van der Waals surface area (Å²) in [4.78, 5) is 9.90. The van der Waals surface area contributed by atoms with Gasteiger partial charge in [0.2, 0.25) is 0 Å². The number of nitrogens with zero attached hydrogens (tertiary/aromatic N) is 2. The van der Waals surface area contributed by atoms with Crippen LogP contribution in [0.5, 0.6) is 0 Å². The van der Waals surface area contributed by atoms with Crippen molar-refractivity contribution in [3.8, 4) is 44.6 Å². The summed E-state index contributed by atoms with van der Waals surface area (Å²) < 4.78 is 0. The molecule has 0 saturated heterocycles. The fourth-order valence-electron chi connectivity index (χ4n) is 5.60. The van der Waals surface area contributed by atoms with Crippen LogP contribution in [0.1, 0.15) is 11.1 Å². The highest BCUT2D eigenvalue weighted by Crippen LogP contribution is 2.35. The molecule has 0 amide bonds. The van der Waals surface area contributed by atoms with Crippen molar-refractivity contribution < 1.29 is 0 Å². The minimum Gasteiger partial charge on any atom is -0.254 e. The van der Waals surface area contributed by atoms with Crippen molar-refractivity contribution in [3.63, 3.8) is 0 Å². The fraction of sp³-hybridized carbons (Fsp3) is 0.0526. The van der Waals surface area contributed by atoms with Crippen LogP contribution in [0.25, 0.3) is 66.4 Å². The maximum absolute atomic E-state index is 5.18.